The summed E-state index contributed by atoms with van der Waals surface area (Å²) in [6.45, 7) is 0. The lowest BCUT2D eigenvalue weighted by atomic mass is 10.3. The molecule has 1 atom stereocenters. The zero-order chi connectivity index (χ0) is 6.57. The lowest BCUT2D eigenvalue weighted by Crippen LogP contribution is -2.40. The second kappa shape index (κ2) is 3.71. The van der Waals surface area contributed by atoms with Crippen LogP contribution in [0, 0.1) is 0 Å². The van der Waals surface area contributed by atoms with E-state index >= 15 is 0 Å². The van der Waals surface area contributed by atoms with Gasteiger partial charge in [-0.3, -0.25) is 10.0 Å². The molecule has 0 rings (SSSR count). The van der Waals surface area contributed by atoms with Crippen molar-refractivity contribution in [3.63, 3.8) is 0 Å². The van der Waals surface area contributed by atoms with E-state index in [2.05, 4.69) is 12.6 Å². The highest BCUT2D eigenvalue weighted by Crippen LogP contribution is 1.80. The van der Waals surface area contributed by atoms with Crippen molar-refractivity contribution >= 4 is 18.5 Å². The van der Waals surface area contributed by atoms with Crippen LogP contribution >= 0.6 is 12.6 Å². The Morgan fingerprint density at radius 3 is 2.62 bits per heavy atom. The number of carbonyl (C=O) groups is 1. The van der Waals surface area contributed by atoms with E-state index in [-0.39, 0.29) is 5.75 Å². The number of nitrogens with one attached hydrogen (secondary N) is 1. The van der Waals surface area contributed by atoms with Crippen LogP contribution in [0.15, 0.2) is 0 Å². The molecule has 0 aromatic rings. The molecule has 0 spiro atoms. The van der Waals surface area contributed by atoms with Crippen LogP contribution in [0.1, 0.15) is 0 Å². The predicted molar refractivity (Wildman–Crippen MR) is 31.8 cm³/mol. The van der Waals surface area contributed by atoms with Crippen LogP contribution in [-0.2, 0) is 4.79 Å². The molecule has 4 N–H and O–H groups in total. The van der Waals surface area contributed by atoms with Gasteiger partial charge in [0.05, 0.1) is 6.04 Å². The monoisotopic (exact) mass is 136 g/mol. The molecule has 5 heteroatoms. The topological polar surface area (TPSA) is 75.4 Å². The summed E-state index contributed by atoms with van der Waals surface area (Å²) < 4.78 is 0. The van der Waals surface area contributed by atoms with E-state index in [1.807, 2.05) is 0 Å². The molecule has 0 saturated carbocycles. The number of hydrogen-bond acceptors (Lipinski definition) is 4. The first-order valence-corrected chi connectivity index (χ1v) is 2.66. The van der Waals surface area contributed by atoms with Crippen molar-refractivity contribution in [2.75, 3.05) is 5.75 Å². The summed E-state index contributed by atoms with van der Waals surface area (Å²) >= 11 is 3.71. The minimum absolute atomic E-state index is 0.229. The highest BCUT2D eigenvalue weighted by atomic mass is 32.1. The third-order valence-corrected chi connectivity index (χ3v) is 1.04. The molecule has 0 radical (unpaired) electrons. The summed E-state index contributed by atoms with van der Waals surface area (Å²) in [7, 11) is 0. The summed E-state index contributed by atoms with van der Waals surface area (Å²) in [6, 6.07) is -0.719. The van der Waals surface area contributed by atoms with Crippen molar-refractivity contribution in [1.82, 2.24) is 5.48 Å². The van der Waals surface area contributed by atoms with Crippen molar-refractivity contribution in [2.45, 2.75) is 6.04 Å². The standard InChI is InChI=1S/C3H8N2O2S/c4-2(1-8)3(6)5-7/h2,7-8H,1,4H2,(H,5,6)/t2-/m0/s1. The van der Waals surface area contributed by atoms with Gasteiger partial charge in [-0.15, -0.1) is 0 Å². The molecular weight excluding hydrogens is 128 g/mol. The van der Waals surface area contributed by atoms with Crippen LogP contribution in [0.25, 0.3) is 0 Å². The Morgan fingerprint density at radius 2 is 2.50 bits per heavy atom. The molecule has 0 aromatic heterocycles. The fraction of sp³-hybridized carbons (Fsp3) is 0.667. The summed E-state index contributed by atoms with van der Waals surface area (Å²) in [5.74, 6) is -0.383. The minimum atomic E-state index is -0.719. The summed E-state index contributed by atoms with van der Waals surface area (Å²) in [5, 5.41) is 7.92. The van der Waals surface area contributed by atoms with Gasteiger partial charge in [-0.2, -0.15) is 12.6 Å². The molecule has 0 unspecified atom stereocenters. The highest BCUT2D eigenvalue weighted by Gasteiger charge is 2.07. The number of nitrogens with two attached hydrogens (primary N) is 1. The summed E-state index contributed by atoms with van der Waals surface area (Å²) in [6.07, 6.45) is 0. The second-order valence-electron chi connectivity index (χ2n) is 1.27. The molecule has 0 aliphatic carbocycles. The van der Waals surface area contributed by atoms with E-state index in [1.165, 1.54) is 5.48 Å². The fourth-order valence-corrected chi connectivity index (χ4v) is 0.332. The number of rotatable bonds is 2. The van der Waals surface area contributed by atoms with E-state index in [0.29, 0.717) is 0 Å². The Morgan fingerprint density at radius 1 is 2.00 bits per heavy atom. The number of hydrogen-bond donors (Lipinski definition) is 4. The van der Waals surface area contributed by atoms with Gasteiger partial charge >= 0.3 is 0 Å². The number of hydroxylamine groups is 1. The Kier molecular flexibility index (Phi) is 3.59. The van der Waals surface area contributed by atoms with Crippen LogP contribution in [-0.4, -0.2) is 22.9 Å². The molecule has 0 bridgehead atoms. The Hall–Kier alpha value is -0.260. The van der Waals surface area contributed by atoms with Gasteiger partial charge in [0, 0.05) is 5.75 Å². The van der Waals surface area contributed by atoms with Gasteiger partial charge in [0.2, 0.25) is 0 Å². The average molecular weight is 136 g/mol. The molecule has 48 valence electrons. The van der Waals surface area contributed by atoms with E-state index < -0.39 is 11.9 Å². The SMILES string of the molecule is N[C@@H](CS)C(=O)NO. The predicted octanol–water partition coefficient (Wildman–Crippen LogP) is -1.25. The molecule has 0 heterocycles. The van der Waals surface area contributed by atoms with Gasteiger partial charge in [-0.25, -0.2) is 5.48 Å². The maximum Gasteiger partial charge on any atom is 0.261 e. The molecule has 0 aliphatic rings. The Balaban J connectivity index is 3.46. The number of amides is 1. The highest BCUT2D eigenvalue weighted by molar-refractivity contribution is 7.80. The summed E-state index contributed by atoms with van der Waals surface area (Å²) in [4.78, 5) is 10.2. The first kappa shape index (κ1) is 7.74. The zero-order valence-electron chi connectivity index (χ0n) is 4.16. The van der Waals surface area contributed by atoms with Gasteiger partial charge in [0.1, 0.15) is 0 Å². The van der Waals surface area contributed by atoms with Crippen molar-refractivity contribution in [3.8, 4) is 0 Å². The van der Waals surface area contributed by atoms with Gasteiger partial charge in [0.25, 0.3) is 5.91 Å². The smallest absolute Gasteiger partial charge is 0.261 e. The van der Waals surface area contributed by atoms with E-state index in [4.69, 9.17) is 10.9 Å². The van der Waals surface area contributed by atoms with Gasteiger partial charge in [0.15, 0.2) is 0 Å². The van der Waals surface area contributed by atoms with Gasteiger partial charge in [-0.05, 0) is 0 Å². The lowest BCUT2D eigenvalue weighted by Gasteiger charge is -2.02. The van der Waals surface area contributed by atoms with E-state index in [0.717, 1.165) is 0 Å². The number of carbonyl (C=O) groups excluding carboxylic acids is 1. The second-order valence-corrected chi connectivity index (χ2v) is 1.63. The van der Waals surface area contributed by atoms with Crippen molar-refractivity contribution in [3.05, 3.63) is 0 Å². The molecule has 4 nitrogen and oxygen atoms in total. The van der Waals surface area contributed by atoms with Crippen molar-refractivity contribution in [1.29, 1.82) is 0 Å². The first-order chi connectivity index (χ1) is 3.72. The molecule has 0 fully saturated rings. The van der Waals surface area contributed by atoms with Crippen LogP contribution in [0.4, 0.5) is 0 Å². The van der Waals surface area contributed by atoms with Gasteiger partial charge < -0.3 is 5.73 Å². The van der Waals surface area contributed by atoms with E-state index in [9.17, 15) is 4.79 Å². The quantitative estimate of drug-likeness (QED) is 0.218. The fourth-order valence-electron chi connectivity index (χ4n) is 0.166. The molecule has 0 saturated heterocycles. The van der Waals surface area contributed by atoms with Crippen molar-refractivity contribution in [2.24, 2.45) is 5.73 Å². The number of thiol groups is 1. The van der Waals surface area contributed by atoms with Crippen LogP contribution in [0.2, 0.25) is 0 Å². The average Bonchev–Trinajstić information content (AvgIpc) is 1.84. The molecule has 0 aromatic carbocycles. The maximum absolute atomic E-state index is 10.2. The summed E-state index contributed by atoms with van der Waals surface area (Å²) in [5.41, 5.74) is 6.48. The lowest BCUT2D eigenvalue weighted by molar-refractivity contribution is -0.129. The van der Waals surface area contributed by atoms with Crippen molar-refractivity contribution < 1.29 is 10.0 Å². The Bertz CT molecular complexity index is 87.4. The minimum Gasteiger partial charge on any atom is -0.319 e. The largest absolute Gasteiger partial charge is 0.319 e. The first-order valence-electron chi connectivity index (χ1n) is 2.02. The third-order valence-electron chi connectivity index (χ3n) is 0.644. The third kappa shape index (κ3) is 2.15. The van der Waals surface area contributed by atoms with Crippen LogP contribution in [0.5, 0.6) is 0 Å². The zero-order valence-corrected chi connectivity index (χ0v) is 5.06. The molecular formula is C3H8N2O2S. The molecule has 0 aliphatic heterocycles. The van der Waals surface area contributed by atoms with Crippen LogP contribution in [0.3, 0.4) is 0 Å². The van der Waals surface area contributed by atoms with Crippen LogP contribution < -0.4 is 11.2 Å². The normalized spacial score (nSPS) is 12.9. The molecule has 1 amide bonds. The van der Waals surface area contributed by atoms with E-state index in [1.54, 1.807) is 0 Å². The maximum atomic E-state index is 10.2. The van der Waals surface area contributed by atoms with Gasteiger partial charge in [-0.1, -0.05) is 0 Å². The molecule has 8 heavy (non-hydrogen) atoms. The Labute approximate surface area is 52.4 Å².